The molecule has 1 aromatic heterocycles. The van der Waals surface area contributed by atoms with Crippen LogP contribution in [-0.4, -0.2) is 26.4 Å². The van der Waals surface area contributed by atoms with Crippen LogP contribution >= 0.6 is 11.8 Å². The Bertz CT molecular complexity index is 728. The van der Waals surface area contributed by atoms with Gasteiger partial charge in [-0.1, -0.05) is 55.3 Å². The summed E-state index contributed by atoms with van der Waals surface area (Å²) < 4.78 is 2.24. The van der Waals surface area contributed by atoms with Crippen LogP contribution in [0.3, 0.4) is 0 Å². The molecule has 3 rings (SSSR count). The highest BCUT2D eigenvalue weighted by Gasteiger charge is 2.28. The van der Waals surface area contributed by atoms with E-state index in [2.05, 4.69) is 46.8 Å². The number of aromatic nitrogens is 3. The number of nitrogens with zero attached hydrogens (tertiary/aromatic N) is 3. The summed E-state index contributed by atoms with van der Waals surface area (Å²) in [5.74, 6) is 1.37. The number of benzene rings is 1. The Kier molecular flexibility index (Phi) is 5.23. The van der Waals surface area contributed by atoms with Gasteiger partial charge in [0, 0.05) is 11.6 Å². The van der Waals surface area contributed by atoms with Gasteiger partial charge in [-0.25, -0.2) is 0 Å². The number of thioether (sulfide) groups is 1. The van der Waals surface area contributed by atoms with E-state index in [0.717, 1.165) is 23.0 Å². The van der Waals surface area contributed by atoms with Crippen molar-refractivity contribution in [3.8, 4) is 11.4 Å². The van der Waals surface area contributed by atoms with E-state index in [-0.39, 0.29) is 11.7 Å². The van der Waals surface area contributed by atoms with Crippen LogP contribution in [0.2, 0.25) is 0 Å². The van der Waals surface area contributed by atoms with Crippen molar-refractivity contribution in [3.63, 3.8) is 0 Å². The zero-order chi connectivity index (χ0) is 17.1. The molecule has 1 aliphatic rings. The molecular formula is C18H24N4OS. The SMILES string of the molecule is Cc1cccc(-c2nnc(SCC(N)=O)n2C2CCCCC2C)c1. The number of hydrogen-bond acceptors (Lipinski definition) is 4. The fourth-order valence-electron chi connectivity index (χ4n) is 3.47. The van der Waals surface area contributed by atoms with Crippen molar-refractivity contribution >= 4 is 17.7 Å². The summed E-state index contributed by atoms with van der Waals surface area (Å²) in [6, 6.07) is 8.71. The molecular weight excluding hydrogens is 320 g/mol. The van der Waals surface area contributed by atoms with Crippen LogP contribution in [0.4, 0.5) is 0 Å². The van der Waals surface area contributed by atoms with Crippen LogP contribution in [-0.2, 0) is 4.79 Å². The van der Waals surface area contributed by atoms with E-state index in [1.165, 1.54) is 36.6 Å². The number of aryl methyl sites for hydroxylation is 1. The molecule has 0 radical (unpaired) electrons. The lowest BCUT2D eigenvalue weighted by molar-refractivity contribution is -0.115. The fraction of sp³-hybridized carbons (Fsp3) is 0.500. The van der Waals surface area contributed by atoms with E-state index in [1.807, 2.05) is 6.07 Å². The van der Waals surface area contributed by atoms with Gasteiger partial charge in [0.2, 0.25) is 5.91 Å². The highest BCUT2D eigenvalue weighted by Crippen LogP contribution is 2.38. The van der Waals surface area contributed by atoms with Gasteiger partial charge in [0.15, 0.2) is 11.0 Å². The second-order valence-electron chi connectivity index (χ2n) is 6.63. The summed E-state index contributed by atoms with van der Waals surface area (Å²) in [6.07, 6.45) is 4.85. The van der Waals surface area contributed by atoms with Crippen molar-refractivity contribution in [1.82, 2.24) is 14.8 Å². The van der Waals surface area contributed by atoms with Gasteiger partial charge in [-0.15, -0.1) is 10.2 Å². The van der Waals surface area contributed by atoms with Gasteiger partial charge in [-0.05, 0) is 31.7 Å². The molecule has 1 heterocycles. The zero-order valence-electron chi connectivity index (χ0n) is 14.2. The van der Waals surface area contributed by atoms with Crippen LogP contribution < -0.4 is 5.73 Å². The predicted molar refractivity (Wildman–Crippen MR) is 96.8 cm³/mol. The van der Waals surface area contributed by atoms with Gasteiger partial charge in [0.05, 0.1) is 5.75 Å². The van der Waals surface area contributed by atoms with Crippen molar-refractivity contribution in [2.45, 2.75) is 50.7 Å². The van der Waals surface area contributed by atoms with Crippen LogP contribution in [0.1, 0.15) is 44.2 Å². The summed E-state index contributed by atoms with van der Waals surface area (Å²) in [5, 5.41) is 9.62. The van der Waals surface area contributed by atoms with Gasteiger partial charge in [0.1, 0.15) is 0 Å². The van der Waals surface area contributed by atoms with E-state index < -0.39 is 0 Å². The molecule has 2 N–H and O–H groups in total. The molecule has 0 bridgehead atoms. The molecule has 1 aliphatic carbocycles. The van der Waals surface area contributed by atoms with E-state index in [1.54, 1.807) is 0 Å². The summed E-state index contributed by atoms with van der Waals surface area (Å²) in [4.78, 5) is 11.2. The third-order valence-corrected chi connectivity index (χ3v) is 5.65. The zero-order valence-corrected chi connectivity index (χ0v) is 15.1. The minimum absolute atomic E-state index is 0.229. The summed E-state index contributed by atoms with van der Waals surface area (Å²) in [5.41, 5.74) is 7.59. The largest absolute Gasteiger partial charge is 0.369 e. The third-order valence-electron chi connectivity index (χ3n) is 4.68. The van der Waals surface area contributed by atoms with E-state index >= 15 is 0 Å². The smallest absolute Gasteiger partial charge is 0.227 e. The normalized spacial score (nSPS) is 20.9. The van der Waals surface area contributed by atoms with Gasteiger partial charge in [-0.2, -0.15) is 0 Å². The first-order chi connectivity index (χ1) is 11.6. The highest BCUT2D eigenvalue weighted by atomic mass is 32.2. The molecule has 2 aromatic rings. The lowest BCUT2D eigenvalue weighted by atomic mass is 9.85. The van der Waals surface area contributed by atoms with Gasteiger partial charge < -0.3 is 5.73 Å². The van der Waals surface area contributed by atoms with E-state index in [0.29, 0.717) is 12.0 Å². The molecule has 24 heavy (non-hydrogen) atoms. The van der Waals surface area contributed by atoms with Gasteiger partial charge >= 0.3 is 0 Å². The van der Waals surface area contributed by atoms with E-state index in [4.69, 9.17) is 5.73 Å². The molecule has 0 aliphatic heterocycles. The van der Waals surface area contributed by atoms with Crippen molar-refractivity contribution in [3.05, 3.63) is 29.8 Å². The molecule has 128 valence electrons. The van der Waals surface area contributed by atoms with Crippen LogP contribution in [0.15, 0.2) is 29.4 Å². The average Bonchev–Trinajstić information content (AvgIpc) is 2.97. The second-order valence-corrected chi connectivity index (χ2v) is 7.57. The number of carbonyl (C=O) groups excluding carboxylic acids is 1. The number of amides is 1. The topological polar surface area (TPSA) is 73.8 Å². The fourth-order valence-corrected chi connectivity index (χ4v) is 4.20. The summed E-state index contributed by atoms with van der Waals surface area (Å²) in [6.45, 7) is 4.38. The molecule has 1 saturated carbocycles. The van der Waals surface area contributed by atoms with Crippen LogP contribution in [0.5, 0.6) is 0 Å². The Morgan fingerprint density at radius 3 is 2.83 bits per heavy atom. The number of nitrogens with two attached hydrogens (primary N) is 1. The predicted octanol–water partition coefficient (Wildman–Crippen LogP) is 3.58. The minimum Gasteiger partial charge on any atom is -0.369 e. The van der Waals surface area contributed by atoms with Crippen molar-refractivity contribution in [1.29, 1.82) is 0 Å². The van der Waals surface area contributed by atoms with Crippen molar-refractivity contribution in [2.75, 3.05) is 5.75 Å². The van der Waals surface area contributed by atoms with E-state index in [9.17, 15) is 4.79 Å². The van der Waals surface area contributed by atoms with Gasteiger partial charge in [-0.3, -0.25) is 9.36 Å². The van der Waals surface area contributed by atoms with Gasteiger partial charge in [0.25, 0.3) is 0 Å². The molecule has 0 spiro atoms. The molecule has 1 fully saturated rings. The molecule has 6 heteroatoms. The third kappa shape index (κ3) is 3.64. The Hall–Kier alpha value is -1.82. The number of hydrogen-bond donors (Lipinski definition) is 1. The number of rotatable bonds is 5. The Morgan fingerprint density at radius 2 is 2.12 bits per heavy atom. The molecule has 2 unspecified atom stereocenters. The average molecular weight is 344 g/mol. The quantitative estimate of drug-likeness (QED) is 0.841. The minimum atomic E-state index is -0.330. The Labute approximate surface area is 147 Å². The van der Waals surface area contributed by atoms with Crippen molar-refractivity contribution < 1.29 is 4.79 Å². The maximum atomic E-state index is 11.2. The van der Waals surface area contributed by atoms with Crippen molar-refractivity contribution in [2.24, 2.45) is 11.7 Å². The lowest BCUT2D eigenvalue weighted by Gasteiger charge is -2.31. The molecule has 1 amide bonds. The highest BCUT2D eigenvalue weighted by molar-refractivity contribution is 7.99. The maximum Gasteiger partial charge on any atom is 0.227 e. The molecule has 1 aromatic carbocycles. The Balaban J connectivity index is 2.03. The first-order valence-electron chi connectivity index (χ1n) is 8.49. The standard InChI is InChI=1S/C18H24N4OS/c1-12-6-5-8-14(10-12)17-20-21-18(24-11-16(19)23)22(17)15-9-4-3-7-13(15)2/h5-6,8,10,13,15H,3-4,7,9,11H2,1-2H3,(H2,19,23). The van der Waals surface area contributed by atoms with Crippen LogP contribution in [0.25, 0.3) is 11.4 Å². The lowest BCUT2D eigenvalue weighted by Crippen LogP contribution is -2.23. The Morgan fingerprint density at radius 1 is 1.33 bits per heavy atom. The molecule has 0 saturated heterocycles. The second kappa shape index (κ2) is 7.38. The first-order valence-corrected chi connectivity index (χ1v) is 9.48. The first kappa shape index (κ1) is 17.0. The monoisotopic (exact) mass is 344 g/mol. The maximum absolute atomic E-state index is 11.2. The number of primary amides is 1. The molecule has 5 nitrogen and oxygen atoms in total. The van der Waals surface area contributed by atoms with Crippen LogP contribution in [0, 0.1) is 12.8 Å². The summed E-state index contributed by atoms with van der Waals surface area (Å²) >= 11 is 1.39. The number of carbonyl (C=O) groups is 1. The molecule has 2 atom stereocenters. The summed E-state index contributed by atoms with van der Waals surface area (Å²) in [7, 11) is 0.